The van der Waals surface area contributed by atoms with Crippen molar-refractivity contribution >= 4 is 15.9 Å². The van der Waals surface area contributed by atoms with Gasteiger partial charge in [0.05, 0.1) is 0 Å². The highest BCUT2D eigenvalue weighted by Gasteiger charge is 2.20. The number of nitrogens with one attached hydrogen (secondary N) is 1. The SMILES string of the molecule is C[C@@H](NCCC1CC1)c1ccccc1Br. The van der Waals surface area contributed by atoms with Crippen LogP contribution in [-0.4, -0.2) is 6.54 Å². The summed E-state index contributed by atoms with van der Waals surface area (Å²) in [5.41, 5.74) is 1.35. The van der Waals surface area contributed by atoms with E-state index in [0.717, 1.165) is 12.5 Å². The first-order chi connectivity index (χ1) is 7.27. The van der Waals surface area contributed by atoms with E-state index in [-0.39, 0.29) is 0 Å². The second-order valence-corrected chi connectivity index (χ2v) is 5.28. The lowest BCUT2D eigenvalue weighted by atomic mass is 10.1. The molecule has 1 atom stereocenters. The lowest BCUT2D eigenvalue weighted by Gasteiger charge is -2.15. The van der Waals surface area contributed by atoms with Crippen LogP contribution in [0.25, 0.3) is 0 Å². The molecule has 2 heteroatoms. The van der Waals surface area contributed by atoms with Crippen LogP contribution in [0.4, 0.5) is 0 Å². The van der Waals surface area contributed by atoms with Crippen molar-refractivity contribution < 1.29 is 0 Å². The summed E-state index contributed by atoms with van der Waals surface area (Å²) in [7, 11) is 0. The van der Waals surface area contributed by atoms with Gasteiger partial charge in [0.15, 0.2) is 0 Å². The Morgan fingerprint density at radius 2 is 2.13 bits per heavy atom. The van der Waals surface area contributed by atoms with Gasteiger partial charge in [-0.1, -0.05) is 47.0 Å². The zero-order chi connectivity index (χ0) is 10.7. The van der Waals surface area contributed by atoms with Crippen LogP contribution in [0.15, 0.2) is 28.7 Å². The molecule has 0 aromatic heterocycles. The van der Waals surface area contributed by atoms with Crippen molar-refractivity contribution in [3.63, 3.8) is 0 Å². The molecule has 0 spiro atoms. The Morgan fingerprint density at radius 3 is 2.80 bits per heavy atom. The fourth-order valence-electron chi connectivity index (χ4n) is 1.85. The molecule has 1 N–H and O–H groups in total. The minimum Gasteiger partial charge on any atom is -0.310 e. The lowest BCUT2D eigenvalue weighted by molar-refractivity contribution is 0.538. The van der Waals surface area contributed by atoms with Crippen molar-refractivity contribution in [3.05, 3.63) is 34.3 Å². The first kappa shape index (κ1) is 11.2. The van der Waals surface area contributed by atoms with E-state index in [1.807, 2.05) is 0 Å². The van der Waals surface area contributed by atoms with E-state index in [4.69, 9.17) is 0 Å². The molecule has 0 bridgehead atoms. The van der Waals surface area contributed by atoms with Crippen LogP contribution in [0, 0.1) is 5.92 Å². The normalized spacial score (nSPS) is 17.7. The Bertz CT molecular complexity index is 320. The highest BCUT2D eigenvalue weighted by Crippen LogP contribution is 2.32. The summed E-state index contributed by atoms with van der Waals surface area (Å²) >= 11 is 3.59. The summed E-state index contributed by atoms with van der Waals surface area (Å²) in [6.45, 7) is 3.38. The van der Waals surface area contributed by atoms with Crippen LogP contribution in [0.2, 0.25) is 0 Å². The summed E-state index contributed by atoms with van der Waals surface area (Å²) in [5, 5.41) is 3.58. The van der Waals surface area contributed by atoms with Crippen LogP contribution in [0.1, 0.15) is 37.8 Å². The van der Waals surface area contributed by atoms with Gasteiger partial charge >= 0.3 is 0 Å². The zero-order valence-electron chi connectivity index (χ0n) is 9.17. The van der Waals surface area contributed by atoms with Gasteiger partial charge in [-0.3, -0.25) is 0 Å². The topological polar surface area (TPSA) is 12.0 Å². The molecule has 1 aromatic rings. The molecule has 0 aliphatic heterocycles. The molecular weight excluding hydrogens is 250 g/mol. The number of hydrogen-bond acceptors (Lipinski definition) is 1. The van der Waals surface area contributed by atoms with Gasteiger partial charge in [0.1, 0.15) is 0 Å². The number of benzene rings is 1. The van der Waals surface area contributed by atoms with Crippen molar-refractivity contribution in [2.24, 2.45) is 5.92 Å². The number of halogens is 1. The Labute approximate surface area is 100 Å². The van der Waals surface area contributed by atoms with E-state index in [2.05, 4.69) is 52.4 Å². The Balaban J connectivity index is 1.83. The third-order valence-corrected chi connectivity index (χ3v) is 3.79. The van der Waals surface area contributed by atoms with Gasteiger partial charge in [0, 0.05) is 10.5 Å². The summed E-state index contributed by atoms with van der Waals surface area (Å²) in [4.78, 5) is 0. The average molecular weight is 268 g/mol. The minimum atomic E-state index is 0.444. The summed E-state index contributed by atoms with van der Waals surface area (Å²) in [5.74, 6) is 1.02. The molecular formula is C13H18BrN. The predicted molar refractivity (Wildman–Crippen MR) is 67.9 cm³/mol. The smallest absolute Gasteiger partial charge is 0.0302 e. The maximum atomic E-state index is 3.59. The molecule has 1 saturated carbocycles. The highest BCUT2D eigenvalue weighted by atomic mass is 79.9. The summed E-state index contributed by atoms with van der Waals surface area (Å²) in [6, 6.07) is 8.89. The molecule has 0 heterocycles. The molecule has 1 aromatic carbocycles. The van der Waals surface area contributed by atoms with Crippen molar-refractivity contribution in [3.8, 4) is 0 Å². The van der Waals surface area contributed by atoms with Crippen LogP contribution >= 0.6 is 15.9 Å². The van der Waals surface area contributed by atoms with E-state index in [0.29, 0.717) is 6.04 Å². The van der Waals surface area contributed by atoms with E-state index in [1.165, 1.54) is 29.3 Å². The number of rotatable bonds is 5. The van der Waals surface area contributed by atoms with E-state index in [1.54, 1.807) is 0 Å². The molecule has 0 unspecified atom stereocenters. The maximum absolute atomic E-state index is 3.59. The Hall–Kier alpha value is -0.340. The van der Waals surface area contributed by atoms with Crippen LogP contribution in [0.5, 0.6) is 0 Å². The molecule has 0 radical (unpaired) electrons. The molecule has 1 fully saturated rings. The zero-order valence-corrected chi connectivity index (χ0v) is 10.8. The minimum absolute atomic E-state index is 0.444. The van der Waals surface area contributed by atoms with Gasteiger partial charge in [0.2, 0.25) is 0 Å². The second-order valence-electron chi connectivity index (χ2n) is 4.43. The molecule has 2 rings (SSSR count). The predicted octanol–water partition coefficient (Wildman–Crippen LogP) is 3.90. The molecule has 15 heavy (non-hydrogen) atoms. The van der Waals surface area contributed by atoms with E-state index in [9.17, 15) is 0 Å². The fourth-order valence-corrected chi connectivity index (χ4v) is 2.47. The van der Waals surface area contributed by atoms with Gasteiger partial charge in [-0.25, -0.2) is 0 Å². The number of hydrogen-bond donors (Lipinski definition) is 1. The quantitative estimate of drug-likeness (QED) is 0.854. The van der Waals surface area contributed by atoms with Crippen LogP contribution in [0.3, 0.4) is 0 Å². The van der Waals surface area contributed by atoms with Crippen LogP contribution < -0.4 is 5.32 Å². The standard InChI is InChI=1S/C13H18BrN/c1-10(15-9-8-11-6-7-11)12-4-2-3-5-13(12)14/h2-5,10-11,15H,6-9H2,1H3/t10-/m1/s1. The third kappa shape index (κ3) is 3.32. The molecule has 1 aliphatic rings. The molecule has 1 nitrogen and oxygen atoms in total. The largest absolute Gasteiger partial charge is 0.310 e. The summed E-state index contributed by atoms with van der Waals surface area (Å²) in [6.07, 6.45) is 4.24. The molecule has 0 amide bonds. The Kier molecular flexibility index (Phi) is 3.81. The van der Waals surface area contributed by atoms with Crippen LogP contribution in [-0.2, 0) is 0 Å². The van der Waals surface area contributed by atoms with Crippen molar-refractivity contribution in [1.82, 2.24) is 5.32 Å². The maximum Gasteiger partial charge on any atom is 0.0302 e. The van der Waals surface area contributed by atoms with Crippen molar-refractivity contribution in [1.29, 1.82) is 0 Å². The first-order valence-corrected chi connectivity index (χ1v) is 6.54. The Morgan fingerprint density at radius 1 is 1.40 bits per heavy atom. The van der Waals surface area contributed by atoms with Gasteiger partial charge < -0.3 is 5.32 Å². The highest BCUT2D eigenvalue weighted by molar-refractivity contribution is 9.10. The van der Waals surface area contributed by atoms with Gasteiger partial charge in [-0.2, -0.15) is 0 Å². The van der Waals surface area contributed by atoms with Gasteiger partial charge in [0.25, 0.3) is 0 Å². The second kappa shape index (κ2) is 5.13. The lowest BCUT2D eigenvalue weighted by Crippen LogP contribution is -2.20. The van der Waals surface area contributed by atoms with Gasteiger partial charge in [-0.15, -0.1) is 0 Å². The van der Waals surface area contributed by atoms with E-state index < -0.39 is 0 Å². The summed E-state index contributed by atoms with van der Waals surface area (Å²) < 4.78 is 1.21. The molecule has 82 valence electrons. The van der Waals surface area contributed by atoms with Crippen molar-refractivity contribution in [2.75, 3.05) is 6.54 Å². The average Bonchev–Trinajstić information content (AvgIpc) is 3.02. The van der Waals surface area contributed by atoms with Gasteiger partial charge in [-0.05, 0) is 37.4 Å². The monoisotopic (exact) mass is 267 g/mol. The van der Waals surface area contributed by atoms with Crippen molar-refractivity contribution in [2.45, 2.75) is 32.2 Å². The fraction of sp³-hybridized carbons (Fsp3) is 0.538. The molecule has 1 aliphatic carbocycles. The third-order valence-electron chi connectivity index (χ3n) is 3.07. The molecule has 0 saturated heterocycles. The first-order valence-electron chi connectivity index (χ1n) is 5.75. The van der Waals surface area contributed by atoms with E-state index >= 15 is 0 Å².